The van der Waals surface area contributed by atoms with Gasteiger partial charge in [-0.05, 0) is 18.6 Å². The van der Waals surface area contributed by atoms with Gasteiger partial charge in [-0.25, -0.2) is 0 Å². The van der Waals surface area contributed by atoms with Crippen LogP contribution in [0.1, 0.15) is 29.9 Å². The Bertz CT molecular complexity index is 321. The van der Waals surface area contributed by atoms with E-state index in [9.17, 15) is 4.79 Å². The average Bonchev–Trinajstić information content (AvgIpc) is 2.32. The van der Waals surface area contributed by atoms with Gasteiger partial charge in [0.1, 0.15) is 0 Å². The maximum Gasteiger partial charge on any atom is 0.176 e. The number of aromatic nitrogens is 1. The maximum atomic E-state index is 11.0. The summed E-state index contributed by atoms with van der Waals surface area (Å²) in [6, 6.07) is 1.89. The lowest BCUT2D eigenvalue weighted by atomic mass is 10.2. The van der Waals surface area contributed by atoms with Crippen molar-refractivity contribution in [2.45, 2.75) is 13.8 Å². The normalized spacial score (nSPS) is 10.9. The number of hydrogen-bond acceptors (Lipinski definition) is 1. The van der Waals surface area contributed by atoms with E-state index in [1.165, 1.54) is 0 Å². The van der Waals surface area contributed by atoms with Crippen LogP contribution < -0.4 is 0 Å². The maximum absolute atomic E-state index is 11.0. The highest BCUT2D eigenvalue weighted by molar-refractivity contribution is 5.93. The Kier molecular flexibility index (Phi) is 2.48. The summed E-state index contributed by atoms with van der Waals surface area (Å²) >= 11 is 0. The SMILES string of the molecule is C/C=C/c1cc(C(C)=O)n(C)c1. The molecule has 0 unspecified atom stereocenters. The van der Waals surface area contributed by atoms with Crippen molar-refractivity contribution < 1.29 is 4.79 Å². The quantitative estimate of drug-likeness (QED) is 0.613. The minimum atomic E-state index is 0.105. The second-order valence-corrected chi connectivity index (χ2v) is 2.83. The van der Waals surface area contributed by atoms with Gasteiger partial charge in [0.05, 0.1) is 5.69 Å². The first kappa shape index (κ1) is 8.78. The minimum Gasteiger partial charge on any atom is -0.348 e. The van der Waals surface area contributed by atoms with Crippen LogP contribution in [-0.4, -0.2) is 10.4 Å². The molecule has 0 aliphatic heterocycles. The summed E-state index contributed by atoms with van der Waals surface area (Å²) in [5.74, 6) is 0.105. The molecule has 64 valence electrons. The van der Waals surface area contributed by atoms with Gasteiger partial charge < -0.3 is 4.57 Å². The van der Waals surface area contributed by atoms with Crippen molar-refractivity contribution in [2.75, 3.05) is 0 Å². The summed E-state index contributed by atoms with van der Waals surface area (Å²) in [6.45, 7) is 3.54. The summed E-state index contributed by atoms with van der Waals surface area (Å²) in [4.78, 5) is 11.0. The second-order valence-electron chi connectivity index (χ2n) is 2.83. The molecule has 0 aliphatic carbocycles. The molecule has 0 bridgehead atoms. The van der Waals surface area contributed by atoms with Gasteiger partial charge in [-0.15, -0.1) is 0 Å². The highest BCUT2D eigenvalue weighted by Crippen LogP contribution is 2.09. The lowest BCUT2D eigenvalue weighted by Crippen LogP contribution is -1.99. The van der Waals surface area contributed by atoms with E-state index < -0.39 is 0 Å². The van der Waals surface area contributed by atoms with E-state index in [4.69, 9.17) is 0 Å². The molecule has 0 radical (unpaired) electrons. The highest BCUT2D eigenvalue weighted by atomic mass is 16.1. The lowest BCUT2D eigenvalue weighted by Gasteiger charge is -1.94. The van der Waals surface area contributed by atoms with Gasteiger partial charge in [-0.3, -0.25) is 4.79 Å². The topological polar surface area (TPSA) is 22.0 Å². The van der Waals surface area contributed by atoms with Gasteiger partial charge in [0.15, 0.2) is 5.78 Å². The molecule has 0 atom stereocenters. The van der Waals surface area contributed by atoms with Crippen molar-refractivity contribution in [2.24, 2.45) is 7.05 Å². The largest absolute Gasteiger partial charge is 0.348 e. The zero-order valence-corrected chi connectivity index (χ0v) is 7.66. The van der Waals surface area contributed by atoms with Crippen LogP contribution in [0.5, 0.6) is 0 Å². The third kappa shape index (κ3) is 1.64. The van der Waals surface area contributed by atoms with E-state index in [2.05, 4.69) is 0 Å². The van der Waals surface area contributed by atoms with E-state index in [-0.39, 0.29) is 5.78 Å². The van der Waals surface area contributed by atoms with Crippen molar-refractivity contribution in [3.63, 3.8) is 0 Å². The molecule has 0 aromatic carbocycles. The number of ketones is 1. The molecule has 12 heavy (non-hydrogen) atoms. The van der Waals surface area contributed by atoms with Crippen molar-refractivity contribution >= 4 is 11.9 Å². The Balaban J connectivity index is 3.08. The molecular weight excluding hydrogens is 150 g/mol. The lowest BCUT2D eigenvalue weighted by molar-refractivity contribution is 0.101. The standard InChI is InChI=1S/C10H13NO/c1-4-5-9-6-10(8(2)12)11(3)7-9/h4-7H,1-3H3/b5-4+. The molecule has 1 rings (SSSR count). The molecule has 2 nitrogen and oxygen atoms in total. The third-order valence-corrected chi connectivity index (χ3v) is 1.75. The first-order valence-corrected chi connectivity index (χ1v) is 3.95. The van der Waals surface area contributed by atoms with Crippen molar-refractivity contribution in [1.29, 1.82) is 0 Å². The van der Waals surface area contributed by atoms with Crippen molar-refractivity contribution in [3.8, 4) is 0 Å². The number of hydrogen-bond donors (Lipinski definition) is 0. The third-order valence-electron chi connectivity index (χ3n) is 1.75. The number of carbonyl (C=O) groups is 1. The molecule has 0 saturated heterocycles. The Labute approximate surface area is 72.5 Å². The molecule has 0 spiro atoms. The zero-order chi connectivity index (χ0) is 9.14. The van der Waals surface area contributed by atoms with Crippen LogP contribution in [0.25, 0.3) is 6.08 Å². The number of rotatable bonds is 2. The molecule has 0 fully saturated rings. The molecule has 0 amide bonds. The van der Waals surface area contributed by atoms with Crippen LogP contribution in [0.2, 0.25) is 0 Å². The number of carbonyl (C=O) groups excluding carboxylic acids is 1. The fourth-order valence-electron chi connectivity index (χ4n) is 1.22. The van der Waals surface area contributed by atoms with Crippen LogP contribution in [0, 0.1) is 0 Å². The summed E-state index contributed by atoms with van der Waals surface area (Å²) in [6.07, 6.45) is 5.88. The van der Waals surface area contributed by atoms with E-state index in [0.29, 0.717) is 0 Å². The predicted molar refractivity (Wildman–Crippen MR) is 50.1 cm³/mol. The van der Waals surface area contributed by atoms with Gasteiger partial charge in [-0.1, -0.05) is 12.2 Å². The van der Waals surface area contributed by atoms with Gasteiger partial charge in [0.2, 0.25) is 0 Å². The monoisotopic (exact) mass is 163 g/mol. The molecule has 1 aromatic heterocycles. The molecular formula is C10H13NO. The van der Waals surface area contributed by atoms with Crippen molar-refractivity contribution in [1.82, 2.24) is 4.57 Å². The Hall–Kier alpha value is -1.31. The van der Waals surface area contributed by atoms with Gasteiger partial charge in [0.25, 0.3) is 0 Å². The predicted octanol–water partition coefficient (Wildman–Crippen LogP) is 2.26. The van der Waals surface area contributed by atoms with E-state index >= 15 is 0 Å². The molecule has 2 heteroatoms. The summed E-state index contributed by atoms with van der Waals surface area (Å²) in [5.41, 5.74) is 1.83. The molecule has 0 N–H and O–H groups in total. The molecule has 1 aromatic rings. The summed E-state index contributed by atoms with van der Waals surface area (Å²) in [7, 11) is 1.88. The summed E-state index contributed by atoms with van der Waals surface area (Å²) < 4.78 is 1.84. The molecule has 0 saturated carbocycles. The van der Waals surface area contributed by atoms with Crippen LogP contribution in [-0.2, 0) is 7.05 Å². The van der Waals surface area contributed by atoms with Crippen LogP contribution in [0.4, 0.5) is 0 Å². The Morgan fingerprint density at radius 2 is 2.25 bits per heavy atom. The number of nitrogens with zero attached hydrogens (tertiary/aromatic N) is 1. The highest BCUT2D eigenvalue weighted by Gasteiger charge is 2.04. The van der Waals surface area contributed by atoms with E-state index in [0.717, 1.165) is 11.3 Å². The minimum absolute atomic E-state index is 0.105. The van der Waals surface area contributed by atoms with Gasteiger partial charge in [0, 0.05) is 20.2 Å². The number of aryl methyl sites for hydroxylation is 1. The van der Waals surface area contributed by atoms with Gasteiger partial charge in [-0.2, -0.15) is 0 Å². The second kappa shape index (κ2) is 3.39. The van der Waals surface area contributed by atoms with Crippen LogP contribution in [0.15, 0.2) is 18.3 Å². The van der Waals surface area contributed by atoms with Crippen LogP contribution >= 0.6 is 0 Å². The number of allylic oxidation sites excluding steroid dienone is 1. The molecule has 0 aliphatic rings. The fourth-order valence-corrected chi connectivity index (χ4v) is 1.22. The fraction of sp³-hybridized carbons (Fsp3) is 0.300. The van der Waals surface area contributed by atoms with Crippen LogP contribution in [0.3, 0.4) is 0 Å². The van der Waals surface area contributed by atoms with E-state index in [1.54, 1.807) is 6.92 Å². The first-order valence-electron chi connectivity index (χ1n) is 3.95. The molecule has 1 heterocycles. The summed E-state index contributed by atoms with van der Waals surface area (Å²) in [5, 5.41) is 0. The Morgan fingerprint density at radius 3 is 2.67 bits per heavy atom. The average molecular weight is 163 g/mol. The number of Topliss-reactive ketones (excluding diaryl/α,β-unsaturated/α-hetero) is 1. The first-order chi connectivity index (χ1) is 5.65. The zero-order valence-electron chi connectivity index (χ0n) is 7.66. The smallest absolute Gasteiger partial charge is 0.176 e. The van der Waals surface area contributed by atoms with E-state index in [1.807, 2.05) is 43.0 Å². The van der Waals surface area contributed by atoms with Crippen molar-refractivity contribution in [3.05, 3.63) is 29.6 Å². The Morgan fingerprint density at radius 1 is 1.58 bits per heavy atom. The van der Waals surface area contributed by atoms with Gasteiger partial charge >= 0.3 is 0 Å².